The number of nitrogen functional groups attached to an aromatic ring is 1. The molecule has 20 heavy (non-hydrogen) atoms. The normalized spacial score (nSPS) is 10.2. The van der Waals surface area contributed by atoms with Crippen molar-refractivity contribution in [1.29, 1.82) is 0 Å². The molecule has 0 radical (unpaired) electrons. The van der Waals surface area contributed by atoms with Gasteiger partial charge in [0.15, 0.2) is 0 Å². The summed E-state index contributed by atoms with van der Waals surface area (Å²) in [6.45, 7) is 0. The van der Waals surface area contributed by atoms with Crippen molar-refractivity contribution in [3.05, 3.63) is 53.8 Å². The van der Waals surface area contributed by atoms with Gasteiger partial charge < -0.3 is 15.4 Å². The third kappa shape index (κ3) is 3.06. The van der Waals surface area contributed by atoms with Gasteiger partial charge in [-0.3, -0.25) is 4.79 Å². The molecule has 0 saturated carbocycles. The number of hydrogen-bond donors (Lipinski definition) is 1. The van der Waals surface area contributed by atoms with Crippen molar-refractivity contribution in [1.82, 2.24) is 4.90 Å². The van der Waals surface area contributed by atoms with E-state index in [2.05, 4.69) is 0 Å². The molecule has 0 spiro atoms. The standard InChI is InChI=1S/C15H15FN2O2/c1-18(2)15(19)10-6-7-14(13(17)8-10)20-12-5-3-4-11(16)9-12/h3-9H,17H2,1-2H3. The first-order valence-electron chi connectivity index (χ1n) is 6.02. The van der Waals surface area contributed by atoms with Crippen LogP contribution in [0.2, 0.25) is 0 Å². The number of benzene rings is 2. The highest BCUT2D eigenvalue weighted by atomic mass is 19.1. The summed E-state index contributed by atoms with van der Waals surface area (Å²) in [5.74, 6) is 0.198. The maximum Gasteiger partial charge on any atom is 0.253 e. The number of ether oxygens (including phenoxy) is 1. The Hall–Kier alpha value is -2.56. The maximum atomic E-state index is 13.1. The fourth-order valence-corrected chi connectivity index (χ4v) is 1.69. The van der Waals surface area contributed by atoms with Gasteiger partial charge in [0.1, 0.15) is 17.3 Å². The van der Waals surface area contributed by atoms with E-state index in [1.807, 2.05) is 0 Å². The van der Waals surface area contributed by atoms with Crippen LogP contribution in [-0.2, 0) is 0 Å². The van der Waals surface area contributed by atoms with Gasteiger partial charge in [-0.2, -0.15) is 0 Å². The fraction of sp³-hybridized carbons (Fsp3) is 0.133. The molecule has 1 amide bonds. The third-order valence-corrected chi connectivity index (χ3v) is 2.69. The van der Waals surface area contributed by atoms with Gasteiger partial charge in [0.25, 0.3) is 5.91 Å². The molecule has 0 aromatic heterocycles. The van der Waals surface area contributed by atoms with Crippen LogP contribution in [0.4, 0.5) is 10.1 Å². The quantitative estimate of drug-likeness (QED) is 0.875. The van der Waals surface area contributed by atoms with E-state index in [1.165, 1.54) is 23.1 Å². The molecule has 2 aromatic rings. The number of amides is 1. The van der Waals surface area contributed by atoms with Gasteiger partial charge in [-0.05, 0) is 30.3 Å². The highest BCUT2D eigenvalue weighted by molar-refractivity contribution is 5.95. The first kappa shape index (κ1) is 13.9. The average Bonchev–Trinajstić information content (AvgIpc) is 2.40. The Kier molecular flexibility index (Phi) is 3.89. The predicted octanol–water partition coefficient (Wildman–Crippen LogP) is 2.90. The van der Waals surface area contributed by atoms with Crippen molar-refractivity contribution in [2.24, 2.45) is 0 Å². The molecular formula is C15H15FN2O2. The van der Waals surface area contributed by atoms with Gasteiger partial charge >= 0.3 is 0 Å². The van der Waals surface area contributed by atoms with Gasteiger partial charge in [0.05, 0.1) is 5.69 Å². The van der Waals surface area contributed by atoms with Crippen molar-refractivity contribution < 1.29 is 13.9 Å². The Balaban J connectivity index is 2.24. The van der Waals surface area contributed by atoms with E-state index in [1.54, 1.807) is 38.4 Å². The largest absolute Gasteiger partial charge is 0.455 e. The van der Waals surface area contributed by atoms with E-state index in [0.717, 1.165) is 0 Å². The molecule has 5 heteroatoms. The van der Waals surface area contributed by atoms with E-state index >= 15 is 0 Å². The SMILES string of the molecule is CN(C)C(=O)c1ccc(Oc2cccc(F)c2)c(N)c1. The molecule has 0 bridgehead atoms. The van der Waals surface area contributed by atoms with E-state index < -0.39 is 0 Å². The summed E-state index contributed by atoms with van der Waals surface area (Å²) in [5, 5.41) is 0. The second kappa shape index (κ2) is 5.61. The second-order valence-electron chi connectivity index (χ2n) is 4.51. The van der Waals surface area contributed by atoms with E-state index in [9.17, 15) is 9.18 Å². The van der Waals surface area contributed by atoms with Crippen molar-refractivity contribution in [3.63, 3.8) is 0 Å². The minimum atomic E-state index is -0.388. The smallest absolute Gasteiger partial charge is 0.253 e. The van der Waals surface area contributed by atoms with Gasteiger partial charge in [0, 0.05) is 25.7 Å². The van der Waals surface area contributed by atoms with Crippen LogP contribution in [0, 0.1) is 5.82 Å². The summed E-state index contributed by atoms with van der Waals surface area (Å²) < 4.78 is 18.6. The topological polar surface area (TPSA) is 55.6 Å². The lowest BCUT2D eigenvalue weighted by molar-refractivity contribution is 0.0827. The number of carbonyl (C=O) groups excluding carboxylic acids is 1. The summed E-state index contributed by atoms with van der Waals surface area (Å²) in [4.78, 5) is 13.3. The van der Waals surface area contributed by atoms with Crippen LogP contribution in [0.5, 0.6) is 11.5 Å². The molecular weight excluding hydrogens is 259 g/mol. The summed E-state index contributed by atoms with van der Waals surface area (Å²) in [6, 6.07) is 10.5. The Morgan fingerprint density at radius 1 is 1.20 bits per heavy atom. The molecule has 0 fully saturated rings. The van der Waals surface area contributed by atoms with E-state index in [0.29, 0.717) is 22.7 Å². The number of nitrogens with two attached hydrogens (primary N) is 1. The number of hydrogen-bond acceptors (Lipinski definition) is 3. The second-order valence-corrected chi connectivity index (χ2v) is 4.51. The van der Waals surface area contributed by atoms with E-state index in [-0.39, 0.29) is 11.7 Å². The minimum Gasteiger partial charge on any atom is -0.455 e. The zero-order chi connectivity index (χ0) is 14.7. The van der Waals surface area contributed by atoms with Gasteiger partial charge in [-0.15, -0.1) is 0 Å². The Bertz CT molecular complexity index is 642. The van der Waals surface area contributed by atoms with Crippen LogP contribution >= 0.6 is 0 Å². The molecule has 2 rings (SSSR count). The fourth-order valence-electron chi connectivity index (χ4n) is 1.69. The van der Waals surface area contributed by atoms with Crippen LogP contribution in [0.15, 0.2) is 42.5 Å². The Morgan fingerprint density at radius 2 is 1.95 bits per heavy atom. The monoisotopic (exact) mass is 274 g/mol. The zero-order valence-corrected chi connectivity index (χ0v) is 11.3. The number of anilines is 1. The third-order valence-electron chi connectivity index (χ3n) is 2.69. The van der Waals surface area contributed by atoms with Crippen molar-refractivity contribution in [2.45, 2.75) is 0 Å². The zero-order valence-electron chi connectivity index (χ0n) is 11.3. The molecule has 0 aliphatic rings. The Morgan fingerprint density at radius 3 is 2.55 bits per heavy atom. The van der Waals surface area contributed by atoms with Crippen LogP contribution in [-0.4, -0.2) is 24.9 Å². The van der Waals surface area contributed by atoms with Crippen LogP contribution < -0.4 is 10.5 Å². The lowest BCUT2D eigenvalue weighted by Gasteiger charge is -2.13. The summed E-state index contributed by atoms with van der Waals surface area (Å²) in [6.07, 6.45) is 0. The molecule has 4 nitrogen and oxygen atoms in total. The number of rotatable bonds is 3. The van der Waals surface area contributed by atoms with Gasteiger partial charge in [-0.25, -0.2) is 4.39 Å². The lowest BCUT2D eigenvalue weighted by atomic mass is 10.1. The number of halogens is 1. The molecule has 0 unspecified atom stereocenters. The summed E-state index contributed by atoms with van der Waals surface area (Å²) >= 11 is 0. The molecule has 0 atom stereocenters. The predicted molar refractivity (Wildman–Crippen MR) is 75.3 cm³/mol. The molecule has 0 aliphatic carbocycles. The molecule has 0 saturated heterocycles. The summed E-state index contributed by atoms with van der Waals surface area (Å²) in [5.41, 5.74) is 6.65. The van der Waals surface area contributed by atoms with Crippen LogP contribution in [0.25, 0.3) is 0 Å². The van der Waals surface area contributed by atoms with Crippen molar-refractivity contribution >= 4 is 11.6 Å². The van der Waals surface area contributed by atoms with Crippen molar-refractivity contribution in [2.75, 3.05) is 19.8 Å². The van der Waals surface area contributed by atoms with E-state index in [4.69, 9.17) is 10.5 Å². The number of nitrogens with zero attached hydrogens (tertiary/aromatic N) is 1. The molecule has 2 N–H and O–H groups in total. The lowest BCUT2D eigenvalue weighted by Crippen LogP contribution is -2.21. The molecule has 2 aromatic carbocycles. The van der Waals surface area contributed by atoms with Crippen LogP contribution in [0.3, 0.4) is 0 Å². The molecule has 104 valence electrons. The highest BCUT2D eigenvalue weighted by Gasteiger charge is 2.11. The summed E-state index contributed by atoms with van der Waals surface area (Å²) in [7, 11) is 3.32. The van der Waals surface area contributed by atoms with Gasteiger partial charge in [-0.1, -0.05) is 6.07 Å². The molecule has 0 heterocycles. The maximum absolute atomic E-state index is 13.1. The first-order valence-corrected chi connectivity index (χ1v) is 6.02. The average molecular weight is 274 g/mol. The minimum absolute atomic E-state index is 0.144. The van der Waals surface area contributed by atoms with Crippen molar-refractivity contribution in [3.8, 4) is 11.5 Å². The first-order chi connectivity index (χ1) is 9.47. The highest BCUT2D eigenvalue weighted by Crippen LogP contribution is 2.28. The van der Waals surface area contributed by atoms with Gasteiger partial charge in [0.2, 0.25) is 0 Å². The number of carbonyl (C=O) groups is 1. The van der Waals surface area contributed by atoms with Crippen LogP contribution in [0.1, 0.15) is 10.4 Å². The molecule has 0 aliphatic heterocycles. The Labute approximate surface area is 116 Å².